The molecule has 2 N–H and O–H groups in total. The average Bonchev–Trinajstić information content (AvgIpc) is 2.51. The summed E-state index contributed by atoms with van der Waals surface area (Å²) in [4.78, 5) is 11.7. The quantitative estimate of drug-likeness (QED) is 0.423. The Kier molecular flexibility index (Phi) is 8.83. The van der Waals surface area contributed by atoms with Crippen LogP contribution in [0.2, 0.25) is 0 Å². The van der Waals surface area contributed by atoms with Crippen molar-refractivity contribution in [1.29, 1.82) is 0 Å². The summed E-state index contributed by atoms with van der Waals surface area (Å²) in [6.45, 7) is 5.63. The van der Waals surface area contributed by atoms with E-state index < -0.39 is 15.6 Å². The van der Waals surface area contributed by atoms with Gasteiger partial charge in [-0.15, -0.1) is 0 Å². The van der Waals surface area contributed by atoms with Gasteiger partial charge in [0.15, 0.2) is 0 Å². The molecule has 0 aromatic heterocycles. The lowest BCUT2D eigenvalue weighted by molar-refractivity contribution is -0.154. The zero-order chi connectivity index (χ0) is 19.6. The zero-order valence-electron chi connectivity index (χ0n) is 15.9. The highest BCUT2D eigenvalue weighted by Gasteiger charge is 2.15. The van der Waals surface area contributed by atoms with Crippen molar-refractivity contribution in [3.63, 3.8) is 0 Å². The van der Waals surface area contributed by atoms with Crippen LogP contribution in [0.15, 0.2) is 29.2 Å². The fourth-order valence-corrected chi connectivity index (χ4v) is 2.81. The molecule has 0 saturated carbocycles. The van der Waals surface area contributed by atoms with Crippen molar-refractivity contribution in [1.82, 2.24) is 0 Å². The molecule has 0 amide bonds. The lowest BCUT2D eigenvalue weighted by atomic mass is 10.1. The minimum Gasteiger partial charge on any atom is -0.460 e. The third-order valence-corrected chi connectivity index (χ3v) is 4.45. The van der Waals surface area contributed by atoms with E-state index in [1.54, 1.807) is 12.1 Å². The first-order valence-corrected chi connectivity index (χ1v) is 10.5. The van der Waals surface area contributed by atoms with Crippen LogP contribution in [-0.4, -0.2) is 20.0 Å². The Balaban J connectivity index is 2.15. The minimum absolute atomic E-state index is 0.0921. The summed E-state index contributed by atoms with van der Waals surface area (Å²) in [6, 6.07) is 6.24. The maximum Gasteiger partial charge on any atom is 0.306 e. The summed E-state index contributed by atoms with van der Waals surface area (Å²) < 4.78 is 27.6. The van der Waals surface area contributed by atoms with Gasteiger partial charge >= 0.3 is 5.97 Å². The molecule has 5 nitrogen and oxygen atoms in total. The largest absolute Gasteiger partial charge is 0.460 e. The highest BCUT2D eigenvalue weighted by Crippen LogP contribution is 2.12. The van der Waals surface area contributed by atoms with Gasteiger partial charge in [-0.1, -0.05) is 31.1 Å². The number of primary sulfonamides is 1. The van der Waals surface area contributed by atoms with Crippen LogP contribution in [-0.2, 0) is 19.6 Å². The number of hydrogen-bond donors (Lipinski definition) is 1. The fourth-order valence-electron chi connectivity index (χ4n) is 2.30. The summed E-state index contributed by atoms with van der Waals surface area (Å²) in [5, 5.41) is 5.05. The number of unbranched alkanes of at least 4 members (excludes halogenated alkanes) is 5. The van der Waals surface area contributed by atoms with E-state index in [2.05, 4.69) is 11.8 Å². The predicted molar refractivity (Wildman–Crippen MR) is 103 cm³/mol. The molecule has 0 heterocycles. The molecule has 0 radical (unpaired) electrons. The smallest absolute Gasteiger partial charge is 0.306 e. The molecule has 1 aromatic carbocycles. The number of hydrogen-bond acceptors (Lipinski definition) is 4. The Bertz CT molecular complexity index is 735. The Hall–Kier alpha value is -1.84. The van der Waals surface area contributed by atoms with Crippen molar-refractivity contribution in [2.24, 2.45) is 5.14 Å². The van der Waals surface area contributed by atoms with Crippen molar-refractivity contribution in [3.8, 4) is 11.8 Å². The van der Waals surface area contributed by atoms with Gasteiger partial charge in [-0.3, -0.25) is 4.79 Å². The number of carbonyl (C=O) groups excluding carboxylic acids is 1. The first-order chi connectivity index (χ1) is 12.1. The molecule has 144 valence electrons. The van der Waals surface area contributed by atoms with E-state index >= 15 is 0 Å². The second-order valence-corrected chi connectivity index (χ2v) is 8.79. The number of benzene rings is 1. The van der Waals surface area contributed by atoms with Crippen molar-refractivity contribution in [2.45, 2.75) is 76.2 Å². The molecular weight excluding hydrogens is 350 g/mol. The summed E-state index contributed by atoms with van der Waals surface area (Å²) in [6.07, 6.45) is 6.31. The molecule has 0 saturated heterocycles. The third kappa shape index (κ3) is 10.2. The molecule has 0 unspecified atom stereocenters. The number of sulfonamides is 1. The van der Waals surface area contributed by atoms with Crippen molar-refractivity contribution in [3.05, 3.63) is 29.8 Å². The minimum atomic E-state index is -3.65. The van der Waals surface area contributed by atoms with Gasteiger partial charge in [-0.05, 0) is 57.9 Å². The topological polar surface area (TPSA) is 86.5 Å². The van der Waals surface area contributed by atoms with Gasteiger partial charge in [0.1, 0.15) is 5.60 Å². The fraction of sp³-hybridized carbons (Fsp3) is 0.550. The lowest BCUT2D eigenvalue weighted by Crippen LogP contribution is -2.23. The van der Waals surface area contributed by atoms with Gasteiger partial charge in [0, 0.05) is 18.4 Å². The van der Waals surface area contributed by atoms with E-state index in [1.165, 1.54) is 12.1 Å². The Labute approximate surface area is 157 Å². The van der Waals surface area contributed by atoms with Crippen molar-refractivity contribution in [2.75, 3.05) is 0 Å². The maximum atomic E-state index is 11.6. The Morgan fingerprint density at radius 3 is 2.19 bits per heavy atom. The molecule has 26 heavy (non-hydrogen) atoms. The van der Waals surface area contributed by atoms with E-state index in [9.17, 15) is 13.2 Å². The van der Waals surface area contributed by atoms with Crippen LogP contribution in [0.1, 0.15) is 71.3 Å². The van der Waals surface area contributed by atoms with E-state index in [4.69, 9.17) is 9.88 Å². The summed E-state index contributed by atoms with van der Waals surface area (Å²) in [5.74, 6) is 5.98. The summed E-state index contributed by atoms with van der Waals surface area (Å²) >= 11 is 0. The zero-order valence-corrected chi connectivity index (χ0v) is 16.7. The molecular formula is C20H29NO4S. The molecule has 0 aliphatic carbocycles. The van der Waals surface area contributed by atoms with Gasteiger partial charge < -0.3 is 4.74 Å². The molecule has 0 aliphatic heterocycles. The number of ether oxygens (including phenoxy) is 1. The Morgan fingerprint density at radius 2 is 1.62 bits per heavy atom. The van der Waals surface area contributed by atoms with Gasteiger partial charge in [-0.25, -0.2) is 13.6 Å². The van der Waals surface area contributed by atoms with Crippen LogP contribution in [0.25, 0.3) is 0 Å². The second kappa shape index (κ2) is 10.3. The maximum absolute atomic E-state index is 11.6. The number of esters is 1. The van der Waals surface area contributed by atoms with E-state index in [1.807, 2.05) is 20.8 Å². The van der Waals surface area contributed by atoms with Gasteiger partial charge in [0.2, 0.25) is 10.0 Å². The third-order valence-electron chi connectivity index (χ3n) is 3.52. The number of rotatable bonds is 8. The molecule has 0 aliphatic rings. The van der Waals surface area contributed by atoms with Gasteiger partial charge in [-0.2, -0.15) is 0 Å². The van der Waals surface area contributed by atoms with Crippen LogP contribution in [0.5, 0.6) is 0 Å². The average molecular weight is 380 g/mol. The highest BCUT2D eigenvalue weighted by molar-refractivity contribution is 7.89. The molecule has 0 atom stereocenters. The monoisotopic (exact) mass is 379 g/mol. The molecule has 0 fully saturated rings. The van der Waals surface area contributed by atoms with Crippen LogP contribution < -0.4 is 5.14 Å². The van der Waals surface area contributed by atoms with Crippen LogP contribution >= 0.6 is 0 Å². The first kappa shape index (κ1) is 22.2. The molecule has 6 heteroatoms. The first-order valence-electron chi connectivity index (χ1n) is 8.91. The summed E-state index contributed by atoms with van der Waals surface area (Å²) in [5.41, 5.74) is 0.365. The Morgan fingerprint density at radius 1 is 1.04 bits per heavy atom. The molecule has 1 aromatic rings. The number of carbonyl (C=O) groups is 1. The summed E-state index contributed by atoms with van der Waals surface area (Å²) in [7, 11) is -3.65. The van der Waals surface area contributed by atoms with E-state index in [0.717, 1.165) is 44.1 Å². The van der Waals surface area contributed by atoms with E-state index in [-0.39, 0.29) is 10.9 Å². The van der Waals surface area contributed by atoms with E-state index in [0.29, 0.717) is 6.42 Å². The van der Waals surface area contributed by atoms with Crippen LogP contribution in [0.3, 0.4) is 0 Å². The molecule has 0 spiro atoms. The predicted octanol–water partition coefficient (Wildman–Crippen LogP) is 3.76. The number of nitrogens with two attached hydrogens (primary N) is 1. The normalized spacial score (nSPS) is 11.5. The molecule has 0 bridgehead atoms. The molecule has 1 rings (SSSR count). The standard InChI is InChI=1S/C20H29NO4S/c1-20(2,3)25-19(22)12-10-8-6-4-5-7-9-11-17-13-15-18(16-14-17)26(21,23)24/h13-16H,4-8,10,12H2,1-3H3,(H2,21,23,24). The van der Waals surface area contributed by atoms with Crippen LogP contribution in [0, 0.1) is 11.8 Å². The van der Waals surface area contributed by atoms with Crippen LogP contribution in [0.4, 0.5) is 0 Å². The van der Waals surface area contributed by atoms with Crippen molar-refractivity contribution >= 4 is 16.0 Å². The highest BCUT2D eigenvalue weighted by atomic mass is 32.2. The van der Waals surface area contributed by atoms with Crippen molar-refractivity contribution < 1.29 is 17.9 Å². The van der Waals surface area contributed by atoms with Gasteiger partial charge in [0.05, 0.1) is 4.90 Å². The SMILES string of the molecule is CC(C)(C)OC(=O)CCCCCCCC#Cc1ccc(S(N)(=O)=O)cc1. The van der Waals surface area contributed by atoms with Gasteiger partial charge in [0.25, 0.3) is 0 Å². The second-order valence-electron chi connectivity index (χ2n) is 7.23. The lowest BCUT2D eigenvalue weighted by Gasteiger charge is -2.19.